The van der Waals surface area contributed by atoms with Crippen LogP contribution in [0.3, 0.4) is 0 Å². The number of benzene rings is 2. The van der Waals surface area contributed by atoms with Gasteiger partial charge in [0.1, 0.15) is 11.5 Å². The number of fused-ring (bicyclic) bond motifs is 1. The van der Waals surface area contributed by atoms with Gasteiger partial charge in [0.2, 0.25) is 0 Å². The Kier molecular flexibility index (Phi) is 5.85. The summed E-state index contributed by atoms with van der Waals surface area (Å²) >= 11 is 0. The van der Waals surface area contributed by atoms with Gasteiger partial charge in [0.05, 0.1) is 16.8 Å². The summed E-state index contributed by atoms with van der Waals surface area (Å²) in [6.07, 6.45) is 1.75. The van der Waals surface area contributed by atoms with Crippen molar-refractivity contribution in [3.8, 4) is 11.3 Å². The minimum atomic E-state index is -0.614. The molecule has 0 unspecified atom stereocenters. The fraction of sp³-hybridized carbons (Fsp3) is 0.125. The third kappa shape index (κ3) is 4.29. The highest BCUT2D eigenvalue weighted by Crippen LogP contribution is 2.29. The molecule has 8 heteroatoms. The average molecular weight is 428 g/mol. The zero-order chi connectivity index (χ0) is 22.7. The monoisotopic (exact) mass is 428 g/mol. The van der Waals surface area contributed by atoms with Crippen molar-refractivity contribution in [3.05, 3.63) is 83.8 Å². The molecule has 2 N–H and O–H groups in total. The summed E-state index contributed by atoms with van der Waals surface area (Å²) in [6.45, 7) is 0.467. The second-order valence-corrected chi connectivity index (χ2v) is 7.45. The minimum absolute atomic E-state index is 0.000621. The maximum absolute atomic E-state index is 14.5. The van der Waals surface area contributed by atoms with Crippen LogP contribution in [0, 0.1) is 11.3 Å². The normalized spacial score (nSPS) is 10.7. The molecule has 0 aliphatic carbocycles. The van der Waals surface area contributed by atoms with E-state index >= 15 is 0 Å². The highest BCUT2D eigenvalue weighted by Gasteiger charge is 2.15. The number of halogens is 1. The van der Waals surface area contributed by atoms with Gasteiger partial charge in [0.25, 0.3) is 5.91 Å². The first-order valence-corrected chi connectivity index (χ1v) is 9.94. The van der Waals surface area contributed by atoms with Crippen molar-refractivity contribution in [2.75, 3.05) is 19.4 Å². The molecule has 0 saturated heterocycles. The van der Waals surface area contributed by atoms with E-state index in [9.17, 15) is 9.18 Å². The molecule has 4 rings (SSSR count). The summed E-state index contributed by atoms with van der Waals surface area (Å²) in [5.41, 5.74) is 10.8. The van der Waals surface area contributed by atoms with Crippen LogP contribution in [0.4, 0.5) is 15.9 Å². The Morgan fingerprint density at radius 3 is 2.72 bits per heavy atom. The van der Waals surface area contributed by atoms with Crippen LogP contribution in [0.2, 0.25) is 0 Å². The summed E-state index contributed by atoms with van der Waals surface area (Å²) in [5, 5.41) is 7.78. The van der Waals surface area contributed by atoms with E-state index in [-0.39, 0.29) is 5.56 Å². The van der Waals surface area contributed by atoms with Gasteiger partial charge in [0, 0.05) is 37.8 Å². The highest BCUT2D eigenvalue weighted by atomic mass is 19.1. The number of carbonyl (C=O) groups is 1. The molecule has 0 aliphatic rings. The van der Waals surface area contributed by atoms with Gasteiger partial charge < -0.3 is 10.2 Å². The molecule has 160 valence electrons. The summed E-state index contributed by atoms with van der Waals surface area (Å²) < 4.78 is 14.5. The zero-order valence-electron chi connectivity index (χ0n) is 17.6. The van der Waals surface area contributed by atoms with Crippen LogP contribution in [0.25, 0.3) is 22.2 Å². The third-order valence-corrected chi connectivity index (χ3v) is 5.02. The van der Waals surface area contributed by atoms with E-state index in [0.29, 0.717) is 29.3 Å². The summed E-state index contributed by atoms with van der Waals surface area (Å²) in [4.78, 5) is 22.3. The van der Waals surface area contributed by atoms with Crippen molar-refractivity contribution in [2.24, 2.45) is 5.11 Å². The molecule has 0 saturated carbocycles. The van der Waals surface area contributed by atoms with Gasteiger partial charge in [-0.1, -0.05) is 18.2 Å². The molecule has 0 radical (unpaired) electrons. The molecule has 4 aromatic rings. The van der Waals surface area contributed by atoms with Crippen LogP contribution in [-0.2, 0) is 6.54 Å². The average Bonchev–Trinajstić information content (AvgIpc) is 2.81. The Morgan fingerprint density at radius 2 is 1.97 bits per heavy atom. The van der Waals surface area contributed by atoms with E-state index in [1.165, 1.54) is 17.0 Å². The second-order valence-electron chi connectivity index (χ2n) is 7.45. The Balaban J connectivity index is 1.60. The quantitative estimate of drug-likeness (QED) is 0.401. The third-order valence-electron chi connectivity index (χ3n) is 5.02. The van der Waals surface area contributed by atoms with Crippen LogP contribution in [0.15, 0.2) is 72.0 Å². The van der Waals surface area contributed by atoms with Gasteiger partial charge in [-0.25, -0.2) is 14.9 Å². The number of nitrogens with zero attached hydrogens (tertiary/aromatic N) is 4. The molecule has 2 aromatic carbocycles. The molecule has 0 fully saturated rings. The lowest BCUT2D eigenvalue weighted by molar-refractivity contribution is 0.0823. The smallest absolute Gasteiger partial charge is 0.256 e. The molecule has 1 amide bonds. The first kappa shape index (κ1) is 21.0. The number of nitrogens with one attached hydrogen (secondary N) is 2. The molecule has 0 atom stereocenters. The van der Waals surface area contributed by atoms with Crippen molar-refractivity contribution in [1.82, 2.24) is 14.9 Å². The number of pyridine rings is 2. The SMILES string of the molecule is CN(C)C(=O)c1ccc(-c2ccc(N=N)c(NCc3ccc4ncccc4c3)n2)cc1F. The lowest BCUT2D eigenvalue weighted by Gasteiger charge is -2.13. The lowest BCUT2D eigenvalue weighted by Crippen LogP contribution is -2.22. The van der Waals surface area contributed by atoms with Crippen molar-refractivity contribution < 1.29 is 9.18 Å². The van der Waals surface area contributed by atoms with Crippen LogP contribution in [0.5, 0.6) is 0 Å². The second kappa shape index (κ2) is 8.89. The number of rotatable bonds is 6. The first-order valence-electron chi connectivity index (χ1n) is 9.94. The number of carbonyl (C=O) groups excluding carboxylic acids is 1. The number of aromatic nitrogens is 2. The van der Waals surface area contributed by atoms with Gasteiger partial charge in [-0.15, -0.1) is 0 Å². The molecular formula is C24H21FN6O. The van der Waals surface area contributed by atoms with Gasteiger partial charge in [-0.05, 0) is 48.0 Å². The fourth-order valence-corrected chi connectivity index (χ4v) is 3.34. The fourth-order valence-electron chi connectivity index (χ4n) is 3.34. The number of hydrogen-bond donors (Lipinski definition) is 2. The van der Waals surface area contributed by atoms with E-state index in [1.807, 2.05) is 30.3 Å². The van der Waals surface area contributed by atoms with Crippen molar-refractivity contribution >= 4 is 28.3 Å². The Hall–Kier alpha value is -4.20. The predicted molar refractivity (Wildman–Crippen MR) is 122 cm³/mol. The highest BCUT2D eigenvalue weighted by molar-refractivity contribution is 5.94. The first-order chi connectivity index (χ1) is 15.5. The standard InChI is InChI=1S/C24H21FN6O/c1-31(2)24(32)18-7-6-17(13-19(18)25)21-9-10-22(30-26)23(29-21)28-14-15-5-8-20-16(12-15)4-3-11-27-20/h3-13,26H,14H2,1-2H3,(H,28,29). The molecular weight excluding hydrogens is 407 g/mol. The number of anilines is 1. The maximum Gasteiger partial charge on any atom is 0.256 e. The van der Waals surface area contributed by atoms with E-state index in [0.717, 1.165) is 16.5 Å². The van der Waals surface area contributed by atoms with Crippen LogP contribution in [-0.4, -0.2) is 34.9 Å². The minimum Gasteiger partial charge on any atom is -0.364 e. The number of hydrogen-bond acceptors (Lipinski definition) is 6. The number of amides is 1. The van der Waals surface area contributed by atoms with Gasteiger partial charge >= 0.3 is 0 Å². The predicted octanol–water partition coefficient (Wildman–Crippen LogP) is 5.41. The molecule has 0 aliphatic heterocycles. The zero-order valence-corrected chi connectivity index (χ0v) is 17.6. The topological polar surface area (TPSA) is 94.3 Å². The molecule has 7 nitrogen and oxygen atoms in total. The molecule has 32 heavy (non-hydrogen) atoms. The summed E-state index contributed by atoms with van der Waals surface area (Å²) in [7, 11) is 3.15. The lowest BCUT2D eigenvalue weighted by atomic mass is 10.1. The van der Waals surface area contributed by atoms with E-state index in [2.05, 4.69) is 20.4 Å². The summed E-state index contributed by atoms with van der Waals surface area (Å²) in [6, 6.07) is 17.6. The van der Waals surface area contributed by atoms with Crippen LogP contribution in [0.1, 0.15) is 15.9 Å². The Morgan fingerprint density at radius 1 is 1.12 bits per heavy atom. The van der Waals surface area contributed by atoms with Gasteiger partial charge in [-0.2, -0.15) is 5.11 Å². The van der Waals surface area contributed by atoms with E-state index in [1.54, 1.807) is 38.5 Å². The molecule has 2 heterocycles. The molecule has 0 spiro atoms. The van der Waals surface area contributed by atoms with E-state index in [4.69, 9.17) is 5.53 Å². The summed E-state index contributed by atoms with van der Waals surface area (Å²) in [5.74, 6) is -0.604. The Bertz CT molecular complexity index is 1320. The van der Waals surface area contributed by atoms with E-state index < -0.39 is 11.7 Å². The Labute approximate surface area is 184 Å². The van der Waals surface area contributed by atoms with Gasteiger partial charge in [0.15, 0.2) is 5.82 Å². The van der Waals surface area contributed by atoms with Gasteiger partial charge in [-0.3, -0.25) is 9.78 Å². The van der Waals surface area contributed by atoms with Crippen molar-refractivity contribution in [2.45, 2.75) is 6.54 Å². The van der Waals surface area contributed by atoms with Crippen LogP contribution >= 0.6 is 0 Å². The van der Waals surface area contributed by atoms with Crippen molar-refractivity contribution in [1.29, 1.82) is 5.53 Å². The molecule has 0 bridgehead atoms. The largest absolute Gasteiger partial charge is 0.364 e. The molecule has 2 aromatic heterocycles. The maximum atomic E-state index is 14.5. The van der Waals surface area contributed by atoms with Crippen molar-refractivity contribution in [3.63, 3.8) is 0 Å². The van der Waals surface area contributed by atoms with Crippen LogP contribution < -0.4 is 5.32 Å².